The number of benzene rings is 1. The van der Waals surface area contributed by atoms with Crippen LogP contribution in [-0.4, -0.2) is 28.6 Å². The van der Waals surface area contributed by atoms with Crippen LogP contribution in [-0.2, 0) is 6.54 Å². The van der Waals surface area contributed by atoms with Gasteiger partial charge in [0, 0.05) is 23.6 Å². The van der Waals surface area contributed by atoms with E-state index in [9.17, 15) is 4.79 Å². The Balaban J connectivity index is 2.12. The normalized spacial score (nSPS) is 24.4. The Hall–Kier alpha value is -0.870. The minimum atomic E-state index is -0.884. The topological polar surface area (TPSA) is 40.5 Å². The van der Waals surface area contributed by atoms with Gasteiger partial charge in [-0.05, 0) is 37.0 Å². The first-order valence-corrected chi connectivity index (χ1v) is 7.02. The molecule has 0 radical (unpaired) electrons. The van der Waals surface area contributed by atoms with Crippen molar-refractivity contribution in [2.24, 2.45) is 5.92 Å². The smallest absolute Gasteiger partial charge is 0.335 e. The second kappa shape index (κ2) is 5.41. The highest BCUT2D eigenvalue weighted by molar-refractivity contribution is 9.10. The van der Waals surface area contributed by atoms with Gasteiger partial charge >= 0.3 is 5.97 Å². The fraction of sp³-hybridized carbons (Fsp3) is 0.500. The first-order valence-electron chi connectivity index (χ1n) is 6.23. The van der Waals surface area contributed by atoms with E-state index in [1.54, 1.807) is 12.1 Å². The molecule has 1 heterocycles. The van der Waals surface area contributed by atoms with Crippen molar-refractivity contribution in [1.82, 2.24) is 4.90 Å². The number of carboxylic acids is 1. The molecule has 4 heteroatoms. The van der Waals surface area contributed by atoms with Crippen LogP contribution in [0, 0.1) is 5.92 Å². The number of aromatic carboxylic acids is 1. The third-order valence-corrected chi connectivity index (χ3v) is 4.32. The largest absolute Gasteiger partial charge is 0.478 e. The number of carboxylic acid groups (broad SMARTS) is 1. The van der Waals surface area contributed by atoms with E-state index in [0.29, 0.717) is 11.6 Å². The van der Waals surface area contributed by atoms with Crippen LogP contribution in [0.4, 0.5) is 0 Å². The second-order valence-electron chi connectivity index (χ2n) is 5.23. The van der Waals surface area contributed by atoms with Crippen LogP contribution in [0.2, 0.25) is 0 Å². The van der Waals surface area contributed by atoms with Gasteiger partial charge in [-0.25, -0.2) is 4.79 Å². The van der Waals surface area contributed by atoms with E-state index in [-0.39, 0.29) is 0 Å². The Morgan fingerprint density at radius 3 is 2.72 bits per heavy atom. The summed E-state index contributed by atoms with van der Waals surface area (Å²) in [7, 11) is 0. The molecule has 2 atom stereocenters. The molecule has 2 rings (SSSR count). The highest BCUT2D eigenvalue weighted by Gasteiger charge is 2.26. The SMILES string of the molecule is CC1CC(C)N(Cc2ccc(C(=O)O)cc2Br)C1. The molecule has 98 valence electrons. The monoisotopic (exact) mass is 311 g/mol. The Kier molecular flexibility index (Phi) is 4.07. The van der Waals surface area contributed by atoms with E-state index in [1.807, 2.05) is 6.07 Å². The molecule has 1 aromatic rings. The third-order valence-electron chi connectivity index (χ3n) is 3.59. The number of carbonyl (C=O) groups is 1. The lowest BCUT2D eigenvalue weighted by molar-refractivity contribution is 0.0697. The predicted molar refractivity (Wildman–Crippen MR) is 74.8 cm³/mol. The minimum Gasteiger partial charge on any atom is -0.478 e. The van der Waals surface area contributed by atoms with Gasteiger partial charge in [-0.3, -0.25) is 4.90 Å². The Bertz CT molecular complexity index is 461. The maximum absolute atomic E-state index is 10.9. The zero-order chi connectivity index (χ0) is 13.3. The first-order chi connectivity index (χ1) is 8.47. The summed E-state index contributed by atoms with van der Waals surface area (Å²) in [6.07, 6.45) is 1.24. The maximum Gasteiger partial charge on any atom is 0.335 e. The van der Waals surface area contributed by atoms with Crippen LogP contribution in [0.25, 0.3) is 0 Å². The fourth-order valence-electron chi connectivity index (χ4n) is 2.63. The van der Waals surface area contributed by atoms with E-state index < -0.39 is 5.97 Å². The van der Waals surface area contributed by atoms with Crippen molar-refractivity contribution in [3.8, 4) is 0 Å². The van der Waals surface area contributed by atoms with E-state index in [4.69, 9.17) is 5.11 Å². The molecule has 0 saturated carbocycles. The Morgan fingerprint density at radius 2 is 2.22 bits per heavy atom. The van der Waals surface area contributed by atoms with Gasteiger partial charge in [0.25, 0.3) is 0 Å². The summed E-state index contributed by atoms with van der Waals surface area (Å²) in [5.41, 5.74) is 1.48. The van der Waals surface area contributed by atoms with Crippen molar-refractivity contribution >= 4 is 21.9 Å². The summed E-state index contributed by atoms with van der Waals surface area (Å²) >= 11 is 3.47. The molecule has 1 aliphatic rings. The summed E-state index contributed by atoms with van der Waals surface area (Å²) in [4.78, 5) is 13.3. The lowest BCUT2D eigenvalue weighted by Gasteiger charge is -2.21. The molecule has 0 amide bonds. The van der Waals surface area contributed by atoms with Crippen molar-refractivity contribution in [1.29, 1.82) is 0 Å². The number of hydrogen-bond acceptors (Lipinski definition) is 2. The van der Waals surface area contributed by atoms with E-state index in [1.165, 1.54) is 6.42 Å². The molecule has 1 saturated heterocycles. The standard InChI is InChI=1S/C14H18BrNO2/c1-9-5-10(2)16(7-9)8-12-4-3-11(14(17)18)6-13(12)15/h3-4,6,9-10H,5,7-8H2,1-2H3,(H,17,18). The minimum absolute atomic E-state index is 0.327. The van der Waals surface area contributed by atoms with Gasteiger partial charge in [0.15, 0.2) is 0 Å². The van der Waals surface area contributed by atoms with Crippen molar-refractivity contribution in [3.63, 3.8) is 0 Å². The molecule has 0 bridgehead atoms. The predicted octanol–water partition coefficient (Wildman–Crippen LogP) is 3.38. The summed E-state index contributed by atoms with van der Waals surface area (Å²) in [6, 6.07) is 5.86. The average molecular weight is 312 g/mol. The van der Waals surface area contributed by atoms with Crippen LogP contribution in [0.15, 0.2) is 22.7 Å². The summed E-state index contributed by atoms with van der Waals surface area (Å²) in [6.45, 7) is 6.53. The van der Waals surface area contributed by atoms with Gasteiger partial charge in [-0.2, -0.15) is 0 Å². The van der Waals surface area contributed by atoms with Gasteiger partial charge in [0.2, 0.25) is 0 Å². The molecule has 0 aliphatic carbocycles. The average Bonchev–Trinajstić information content (AvgIpc) is 2.60. The van der Waals surface area contributed by atoms with E-state index >= 15 is 0 Å². The number of halogens is 1. The maximum atomic E-state index is 10.9. The van der Waals surface area contributed by atoms with Crippen molar-refractivity contribution < 1.29 is 9.90 Å². The molecule has 1 fully saturated rings. The quantitative estimate of drug-likeness (QED) is 0.930. The number of nitrogens with zero attached hydrogens (tertiary/aromatic N) is 1. The molecule has 3 nitrogen and oxygen atoms in total. The second-order valence-corrected chi connectivity index (χ2v) is 6.09. The lowest BCUT2D eigenvalue weighted by Crippen LogP contribution is -2.26. The van der Waals surface area contributed by atoms with Gasteiger partial charge < -0.3 is 5.11 Å². The molecular weight excluding hydrogens is 294 g/mol. The zero-order valence-electron chi connectivity index (χ0n) is 10.7. The van der Waals surface area contributed by atoms with Gasteiger partial charge in [0.1, 0.15) is 0 Å². The zero-order valence-corrected chi connectivity index (χ0v) is 12.3. The molecule has 1 aromatic carbocycles. The first kappa shape index (κ1) is 13.6. The number of hydrogen-bond donors (Lipinski definition) is 1. The van der Waals surface area contributed by atoms with Crippen LogP contribution in [0.5, 0.6) is 0 Å². The number of rotatable bonds is 3. The number of likely N-dealkylation sites (tertiary alicyclic amines) is 1. The molecule has 0 spiro atoms. The van der Waals surface area contributed by atoms with Crippen molar-refractivity contribution in [2.75, 3.05) is 6.54 Å². The molecular formula is C14H18BrNO2. The van der Waals surface area contributed by atoms with Crippen LogP contribution < -0.4 is 0 Å². The van der Waals surface area contributed by atoms with Crippen LogP contribution >= 0.6 is 15.9 Å². The molecule has 2 unspecified atom stereocenters. The van der Waals surface area contributed by atoms with Crippen LogP contribution in [0.1, 0.15) is 36.2 Å². The third kappa shape index (κ3) is 2.93. The summed E-state index contributed by atoms with van der Waals surface area (Å²) < 4.78 is 0.883. The highest BCUT2D eigenvalue weighted by atomic mass is 79.9. The Labute approximate surface area is 116 Å². The van der Waals surface area contributed by atoms with Gasteiger partial charge in [-0.1, -0.05) is 28.9 Å². The molecule has 1 N–H and O–H groups in total. The summed E-state index contributed by atoms with van der Waals surface area (Å²) in [5.74, 6) is -0.137. The van der Waals surface area contributed by atoms with Crippen molar-refractivity contribution in [2.45, 2.75) is 32.9 Å². The fourth-order valence-corrected chi connectivity index (χ4v) is 3.14. The van der Waals surface area contributed by atoms with Gasteiger partial charge in [-0.15, -0.1) is 0 Å². The Morgan fingerprint density at radius 1 is 1.50 bits per heavy atom. The van der Waals surface area contributed by atoms with E-state index in [0.717, 1.165) is 29.0 Å². The highest BCUT2D eigenvalue weighted by Crippen LogP contribution is 2.27. The van der Waals surface area contributed by atoms with Gasteiger partial charge in [0.05, 0.1) is 5.56 Å². The van der Waals surface area contributed by atoms with Crippen LogP contribution in [0.3, 0.4) is 0 Å². The van der Waals surface area contributed by atoms with Crippen molar-refractivity contribution in [3.05, 3.63) is 33.8 Å². The molecule has 1 aliphatic heterocycles. The molecule has 0 aromatic heterocycles. The van der Waals surface area contributed by atoms with E-state index in [2.05, 4.69) is 34.7 Å². The lowest BCUT2D eigenvalue weighted by atomic mass is 10.1. The summed E-state index contributed by atoms with van der Waals surface area (Å²) in [5, 5.41) is 8.93. The molecule has 18 heavy (non-hydrogen) atoms.